The molecule has 2 N–H and O–H groups in total. The summed E-state index contributed by atoms with van der Waals surface area (Å²) in [4.78, 5) is 4.45. The molecule has 3 aromatic rings. The van der Waals surface area contributed by atoms with E-state index < -0.39 is 0 Å². The fourth-order valence-electron chi connectivity index (χ4n) is 2.13. The first-order chi connectivity index (χ1) is 9.04. The average molecular weight is 256 g/mol. The summed E-state index contributed by atoms with van der Waals surface area (Å²) in [5.41, 5.74) is 11.3. The molecule has 0 aliphatic rings. The summed E-state index contributed by atoms with van der Waals surface area (Å²) in [5, 5.41) is 4.48. The number of fused-ring (bicyclic) bond motifs is 1. The van der Waals surface area contributed by atoms with Crippen LogP contribution in [-0.2, 0) is 6.54 Å². The van der Waals surface area contributed by atoms with Crippen LogP contribution >= 0.6 is 0 Å². The Balaban J connectivity index is 1.98. The molecule has 2 heterocycles. The molecule has 5 heteroatoms. The molecular weight excluding hydrogens is 240 g/mol. The molecular formula is C14H16N4O. The topological polar surface area (TPSA) is 69.9 Å². The van der Waals surface area contributed by atoms with Gasteiger partial charge in [-0.3, -0.25) is 4.68 Å². The van der Waals surface area contributed by atoms with Gasteiger partial charge >= 0.3 is 0 Å². The number of hydrogen-bond acceptors (Lipinski definition) is 4. The van der Waals surface area contributed by atoms with E-state index in [-0.39, 0.29) is 0 Å². The molecule has 0 amide bonds. The maximum atomic E-state index is 5.73. The lowest BCUT2D eigenvalue weighted by Gasteiger charge is -2.00. The minimum Gasteiger partial charge on any atom is -0.439 e. The molecule has 0 atom stereocenters. The van der Waals surface area contributed by atoms with Crippen LogP contribution in [0.4, 0.5) is 5.69 Å². The molecule has 3 rings (SSSR count). The Morgan fingerprint density at radius 2 is 2.05 bits per heavy atom. The van der Waals surface area contributed by atoms with Gasteiger partial charge in [-0.2, -0.15) is 5.10 Å². The molecule has 0 saturated carbocycles. The third kappa shape index (κ3) is 1.97. The van der Waals surface area contributed by atoms with Gasteiger partial charge in [0.25, 0.3) is 0 Å². The first-order valence-corrected chi connectivity index (χ1v) is 6.20. The highest BCUT2D eigenvalue weighted by atomic mass is 16.3. The van der Waals surface area contributed by atoms with E-state index in [1.807, 2.05) is 23.7 Å². The number of hydrogen-bond donors (Lipinski definition) is 1. The summed E-state index contributed by atoms with van der Waals surface area (Å²) < 4.78 is 7.62. The van der Waals surface area contributed by atoms with Crippen molar-refractivity contribution >= 4 is 16.8 Å². The number of benzene rings is 1. The molecule has 0 fully saturated rings. The van der Waals surface area contributed by atoms with Gasteiger partial charge in [0.15, 0.2) is 5.58 Å². The van der Waals surface area contributed by atoms with E-state index in [1.165, 1.54) is 5.56 Å². The Morgan fingerprint density at radius 1 is 1.26 bits per heavy atom. The maximum Gasteiger partial charge on any atom is 0.217 e. The summed E-state index contributed by atoms with van der Waals surface area (Å²) >= 11 is 0. The van der Waals surface area contributed by atoms with Crippen molar-refractivity contribution in [3.05, 3.63) is 41.0 Å². The van der Waals surface area contributed by atoms with Crippen LogP contribution in [0, 0.1) is 20.8 Å². The average Bonchev–Trinajstić information content (AvgIpc) is 2.86. The fraction of sp³-hybridized carbons (Fsp3) is 0.286. The van der Waals surface area contributed by atoms with Crippen molar-refractivity contribution in [2.45, 2.75) is 27.3 Å². The normalized spacial score (nSPS) is 11.3. The maximum absolute atomic E-state index is 5.73. The second-order valence-corrected chi connectivity index (χ2v) is 4.79. The van der Waals surface area contributed by atoms with Crippen LogP contribution in [-0.4, -0.2) is 14.8 Å². The van der Waals surface area contributed by atoms with Crippen LogP contribution in [0.15, 0.2) is 22.6 Å². The van der Waals surface area contributed by atoms with E-state index in [2.05, 4.69) is 23.9 Å². The molecule has 98 valence electrons. The third-order valence-corrected chi connectivity index (χ3v) is 3.49. The van der Waals surface area contributed by atoms with Gasteiger partial charge in [-0.25, -0.2) is 4.98 Å². The Hall–Kier alpha value is -2.30. The van der Waals surface area contributed by atoms with E-state index in [0.717, 1.165) is 16.9 Å². The lowest BCUT2D eigenvalue weighted by Crippen LogP contribution is -2.04. The second-order valence-electron chi connectivity index (χ2n) is 4.79. The van der Waals surface area contributed by atoms with Crippen molar-refractivity contribution in [1.29, 1.82) is 0 Å². The van der Waals surface area contributed by atoms with Crippen molar-refractivity contribution in [3.8, 4) is 0 Å². The molecule has 0 bridgehead atoms. The Bertz CT molecular complexity index is 754. The highest BCUT2D eigenvalue weighted by Gasteiger charge is 2.11. The zero-order chi connectivity index (χ0) is 13.6. The molecule has 5 nitrogen and oxygen atoms in total. The van der Waals surface area contributed by atoms with Crippen molar-refractivity contribution in [1.82, 2.24) is 14.8 Å². The number of nitrogens with two attached hydrogens (primary N) is 1. The summed E-state index contributed by atoms with van der Waals surface area (Å²) in [6.07, 6.45) is 0. The van der Waals surface area contributed by atoms with Gasteiger partial charge in [0.05, 0.1) is 5.69 Å². The number of aryl methyl sites for hydroxylation is 1. The van der Waals surface area contributed by atoms with Gasteiger partial charge in [-0.15, -0.1) is 0 Å². The molecule has 2 aromatic heterocycles. The largest absolute Gasteiger partial charge is 0.439 e. The van der Waals surface area contributed by atoms with E-state index in [0.29, 0.717) is 23.7 Å². The van der Waals surface area contributed by atoms with Crippen LogP contribution in [0.25, 0.3) is 11.1 Å². The van der Waals surface area contributed by atoms with Gasteiger partial charge in [0.1, 0.15) is 12.1 Å². The monoisotopic (exact) mass is 256 g/mol. The fourth-order valence-corrected chi connectivity index (χ4v) is 2.13. The van der Waals surface area contributed by atoms with E-state index in [4.69, 9.17) is 10.2 Å². The zero-order valence-electron chi connectivity index (χ0n) is 11.3. The van der Waals surface area contributed by atoms with Crippen LogP contribution in [0.1, 0.15) is 22.8 Å². The lowest BCUT2D eigenvalue weighted by atomic mass is 10.2. The predicted molar refractivity (Wildman–Crippen MR) is 74.0 cm³/mol. The number of rotatable bonds is 2. The van der Waals surface area contributed by atoms with Crippen molar-refractivity contribution in [2.24, 2.45) is 0 Å². The lowest BCUT2D eigenvalue weighted by molar-refractivity contribution is 0.486. The molecule has 1 aromatic carbocycles. The molecule has 0 radical (unpaired) electrons. The number of nitrogens with zero attached hydrogens (tertiary/aromatic N) is 3. The molecule has 0 aliphatic carbocycles. The number of aromatic nitrogens is 3. The third-order valence-electron chi connectivity index (χ3n) is 3.49. The van der Waals surface area contributed by atoms with Gasteiger partial charge in [-0.05, 0) is 38.5 Å². The molecule has 0 aliphatic heterocycles. The van der Waals surface area contributed by atoms with E-state index in [1.54, 1.807) is 6.07 Å². The molecule has 0 unspecified atom stereocenters. The minimum atomic E-state index is 0.537. The molecule has 19 heavy (non-hydrogen) atoms. The molecule has 0 spiro atoms. The highest BCUT2D eigenvalue weighted by Crippen LogP contribution is 2.20. The van der Waals surface area contributed by atoms with Crippen molar-refractivity contribution in [2.75, 3.05) is 5.73 Å². The number of anilines is 1. The Morgan fingerprint density at radius 3 is 2.74 bits per heavy atom. The Labute approximate surface area is 111 Å². The summed E-state index contributed by atoms with van der Waals surface area (Å²) in [7, 11) is 0. The standard InChI is InChI=1S/C14H16N4O/c1-8-9(2)17-18(10(8)3)7-14-16-12-5-4-11(15)6-13(12)19-14/h4-6H,7,15H2,1-3H3. The Kier molecular flexibility index (Phi) is 2.55. The van der Waals surface area contributed by atoms with Crippen molar-refractivity contribution in [3.63, 3.8) is 0 Å². The SMILES string of the molecule is Cc1nn(Cc2nc3ccc(N)cc3o2)c(C)c1C. The van der Waals surface area contributed by atoms with Crippen LogP contribution in [0.5, 0.6) is 0 Å². The van der Waals surface area contributed by atoms with E-state index >= 15 is 0 Å². The van der Waals surface area contributed by atoms with Gasteiger partial charge < -0.3 is 10.2 Å². The van der Waals surface area contributed by atoms with Gasteiger partial charge in [0, 0.05) is 17.4 Å². The van der Waals surface area contributed by atoms with Gasteiger partial charge in [-0.1, -0.05) is 0 Å². The highest BCUT2D eigenvalue weighted by molar-refractivity contribution is 5.76. The van der Waals surface area contributed by atoms with Crippen molar-refractivity contribution < 1.29 is 4.42 Å². The van der Waals surface area contributed by atoms with Crippen LogP contribution in [0.3, 0.4) is 0 Å². The summed E-state index contributed by atoms with van der Waals surface area (Å²) in [6, 6.07) is 5.48. The minimum absolute atomic E-state index is 0.537. The van der Waals surface area contributed by atoms with Gasteiger partial charge in [0.2, 0.25) is 5.89 Å². The smallest absolute Gasteiger partial charge is 0.217 e. The zero-order valence-corrected chi connectivity index (χ0v) is 11.3. The summed E-state index contributed by atoms with van der Waals surface area (Å²) in [5.74, 6) is 0.645. The second kappa shape index (κ2) is 4.12. The number of nitrogen functional groups attached to an aromatic ring is 1. The summed E-state index contributed by atoms with van der Waals surface area (Å²) in [6.45, 7) is 6.66. The van der Waals surface area contributed by atoms with E-state index in [9.17, 15) is 0 Å². The van der Waals surface area contributed by atoms with Crippen LogP contribution < -0.4 is 5.73 Å². The first-order valence-electron chi connectivity index (χ1n) is 6.20. The predicted octanol–water partition coefficient (Wildman–Crippen LogP) is 2.58. The number of oxazole rings is 1. The quantitative estimate of drug-likeness (QED) is 0.715. The first kappa shape index (κ1) is 11.8. The van der Waals surface area contributed by atoms with Crippen LogP contribution in [0.2, 0.25) is 0 Å². The molecule has 0 saturated heterocycles.